The zero-order valence-electron chi connectivity index (χ0n) is 12.8. The predicted molar refractivity (Wildman–Crippen MR) is 91.8 cm³/mol. The van der Waals surface area contributed by atoms with Crippen molar-refractivity contribution in [3.63, 3.8) is 0 Å². The van der Waals surface area contributed by atoms with Crippen LogP contribution in [0, 0.1) is 13.8 Å². The Balaban J connectivity index is 1.81. The highest BCUT2D eigenvalue weighted by molar-refractivity contribution is 9.10. The van der Waals surface area contributed by atoms with E-state index in [0.717, 1.165) is 32.9 Å². The Morgan fingerprint density at radius 1 is 1.00 bits per heavy atom. The molecule has 0 aliphatic rings. The second-order valence-electron chi connectivity index (χ2n) is 5.08. The summed E-state index contributed by atoms with van der Waals surface area (Å²) in [7, 11) is 0. The molecule has 0 fully saturated rings. The Kier molecular flexibility index (Phi) is 4.57. The van der Waals surface area contributed by atoms with Gasteiger partial charge in [-0.05, 0) is 35.8 Å². The van der Waals surface area contributed by atoms with Gasteiger partial charge in [0.1, 0.15) is 11.6 Å². The minimum atomic E-state index is 0.555. The first kappa shape index (κ1) is 15.5. The summed E-state index contributed by atoms with van der Waals surface area (Å²) in [5.41, 5.74) is 3.51. The SMILES string of the molecule is Cc1cnc(CNc2cc(-c3cncc(Br)c3)nc(C)n2)cn1. The van der Waals surface area contributed by atoms with Crippen LogP contribution in [0.2, 0.25) is 0 Å². The van der Waals surface area contributed by atoms with Crippen molar-refractivity contribution in [1.82, 2.24) is 24.9 Å². The number of rotatable bonds is 4. The predicted octanol–water partition coefficient (Wildman–Crippen LogP) is 3.32. The number of hydrogen-bond donors (Lipinski definition) is 1. The molecule has 116 valence electrons. The van der Waals surface area contributed by atoms with Gasteiger partial charge in [-0.2, -0.15) is 0 Å². The van der Waals surface area contributed by atoms with E-state index in [-0.39, 0.29) is 0 Å². The summed E-state index contributed by atoms with van der Waals surface area (Å²) in [4.78, 5) is 21.6. The lowest BCUT2D eigenvalue weighted by molar-refractivity contribution is 0.964. The van der Waals surface area contributed by atoms with Gasteiger partial charge < -0.3 is 5.32 Å². The largest absolute Gasteiger partial charge is 0.364 e. The van der Waals surface area contributed by atoms with E-state index >= 15 is 0 Å². The molecule has 0 saturated heterocycles. The first-order valence-electron chi connectivity index (χ1n) is 7.08. The van der Waals surface area contributed by atoms with Gasteiger partial charge in [-0.25, -0.2) is 9.97 Å². The summed E-state index contributed by atoms with van der Waals surface area (Å²) in [6.07, 6.45) is 7.03. The molecule has 0 aliphatic carbocycles. The molecular formula is C16H15BrN6. The third-order valence-corrected chi connectivity index (χ3v) is 3.56. The lowest BCUT2D eigenvalue weighted by Gasteiger charge is -2.08. The Morgan fingerprint density at radius 3 is 2.61 bits per heavy atom. The van der Waals surface area contributed by atoms with Crippen molar-refractivity contribution < 1.29 is 0 Å². The van der Waals surface area contributed by atoms with E-state index in [1.54, 1.807) is 24.8 Å². The quantitative estimate of drug-likeness (QED) is 0.758. The molecule has 0 saturated carbocycles. The van der Waals surface area contributed by atoms with Crippen LogP contribution < -0.4 is 5.32 Å². The fourth-order valence-corrected chi connectivity index (χ4v) is 2.41. The molecule has 0 amide bonds. The first-order valence-corrected chi connectivity index (χ1v) is 7.87. The molecule has 0 radical (unpaired) electrons. The number of aromatic nitrogens is 5. The summed E-state index contributed by atoms with van der Waals surface area (Å²) in [6, 6.07) is 3.88. The Bertz CT molecular complexity index is 819. The van der Waals surface area contributed by atoms with Gasteiger partial charge in [0.05, 0.1) is 29.8 Å². The van der Waals surface area contributed by atoms with Crippen LogP contribution in [0.5, 0.6) is 0 Å². The molecule has 0 atom stereocenters. The van der Waals surface area contributed by atoms with Crippen LogP contribution in [0.15, 0.2) is 41.4 Å². The molecule has 3 rings (SSSR count). The van der Waals surface area contributed by atoms with Gasteiger partial charge in [-0.1, -0.05) is 0 Å². The third kappa shape index (κ3) is 4.07. The molecule has 0 bridgehead atoms. The van der Waals surface area contributed by atoms with E-state index in [4.69, 9.17) is 0 Å². The number of nitrogens with one attached hydrogen (secondary N) is 1. The highest BCUT2D eigenvalue weighted by Gasteiger charge is 2.06. The third-order valence-electron chi connectivity index (χ3n) is 3.12. The second kappa shape index (κ2) is 6.78. The minimum absolute atomic E-state index is 0.555. The summed E-state index contributed by atoms with van der Waals surface area (Å²) in [5.74, 6) is 1.44. The first-order chi connectivity index (χ1) is 11.1. The number of pyridine rings is 1. The van der Waals surface area contributed by atoms with Gasteiger partial charge in [0, 0.05) is 34.7 Å². The van der Waals surface area contributed by atoms with Crippen LogP contribution in [0.3, 0.4) is 0 Å². The van der Waals surface area contributed by atoms with Crippen LogP contribution in [-0.4, -0.2) is 24.9 Å². The van der Waals surface area contributed by atoms with E-state index in [9.17, 15) is 0 Å². The van der Waals surface area contributed by atoms with Gasteiger partial charge in [0.15, 0.2) is 0 Å². The zero-order chi connectivity index (χ0) is 16.2. The average Bonchev–Trinajstić information content (AvgIpc) is 2.54. The lowest BCUT2D eigenvalue weighted by atomic mass is 10.2. The van der Waals surface area contributed by atoms with Gasteiger partial charge in [0.2, 0.25) is 0 Å². The molecule has 0 aromatic carbocycles. The summed E-state index contributed by atoms with van der Waals surface area (Å²) < 4.78 is 0.913. The van der Waals surface area contributed by atoms with Crippen molar-refractivity contribution in [2.24, 2.45) is 0 Å². The molecule has 6 nitrogen and oxygen atoms in total. The highest BCUT2D eigenvalue weighted by Crippen LogP contribution is 2.22. The van der Waals surface area contributed by atoms with Gasteiger partial charge >= 0.3 is 0 Å². The molecule has 0 spiro atoms. The fourth-order valence-electron chi connectivity index (χ4n) is 2.05. The van der Waals surface area contributed by atoms with Crippen LogP contribution in [0.25, 0.3) is 11.3 Å². The van der Waals surface area contributed by atoms with E-state index in [1.165, 1.54) is 0 Å². The summed E-state index contributed by atoms with van der Waals surface area (Å²) in [6.45, 7) is 4.34. The van der Waals surface area contributed by atoms with Crippen molar-refractivity contribution in [2.45, 2.75) is 20.4 Å². The second-order valence-corrected chi connectivity index (χ2v) is 6.00. The van der Waals surface area contributed by atoms with Crippen molar-refractivity contribution in [3.05, 3.63) is 58.6 Å². The molecule has 23 heavy (non-hydrogen) atoms. The standard InChI is InChI=1S/C16H15BrN6/c1-10-5-20-14(8-19-10)9-21-16-4-15(22-11(2)23-16)12-3-13(17)7-18-6-12/h3-8H,9H2,1-2H3,(H,21,22,23). The Morgan fingerprint density at radius 2 is 1.87 bits per heavy atom. The molecule has 0 aliphatic heterocycles. The van der Waals surface area contributed by atoms with Crippen LogP contribution in [-0.2, 0) is 6.54 Å². The normalized spacial score (nSPS) is 10.6. The van der Waals surface area contributed by atoms with Gasteiger partial charge in [-0.15, -0.1) is 0 Å². The Hall–Kier alpha value is -2.41. The molecule has 3 aromatic heterocycles. The number of halogens is 1. The van der Waals surface area contributed by atoms with E-state index in [1.807, 2.05) is 26.0 Å². The Labute approximate surface area is 142 Å². The molecule has 7 heteroatoms. The molecule has 3 aromatic rings. The van der Waals surface area contributed by atoms with E-state index in [2.05, 4.69) is 46.2 Å². The smallest absolute Gasteiger partial charge is 0.130 e. The average molecular weight is 371 g/mol. The van der Waals surface area contributed by atoms with Gasteiger partial charge in [-0.3, -0.25) is 15.0 Å². The maximum atomic E-state index is 4.47. The summed E-state index contributed by atoms with van der Waals surface area (Å²) in [5, 5.41) is 3.26. The number of anilines is 1. The molecular weight excluding hydrogens is 356 g/mol. The topological polar surface area (TPSA) is 76.5 Å². The maximum absolute atomic E-state index is 4.47. The highest BCUT2D eigenvalue weighted by atomic mass is 79.9. The number of aryl methyl sites for hydroxylation is 2. The number of nitrogens with zero attached hydrogens (tertiary/aromatic N) is 5. The fraction of sp³-hybridized carbons (Fsp3) is 0.188. The van der Waals surface area contributed by atoms with Crippen LogP contribution in [0.1, 0.15) is 17.2 Å². The number of hydrogen-bond acceptors (Lipinski definition) is 6. The minimum Gasteiger partial charge on any atom is -0.364 e. The van der Waals surface area contributed by atoms with Crippen molar-refractivity contribution in [3.8, 4) is 11.3 Å². The summed E-state index contributed by atoms with van der Waals surface area (Å²) >= 11 is 3.43. The zero-order valence-corrected chi connectivity index (χ0v) is 14.4. The van der Waals surface area contributed by atoms with E-state index < -0.39 is 0 Å². The van der Waals surface area contributed by atoms with Crippen molar-refractivity contribution in [2.75, 3.05) is 5.32 Å². The van der Waals surface area contributed by atoms with Crippen molar-refractivity contribution in [1.29, 1.82) is 0 Å². The van der Waals surface area contributed by atoms with Gasteiger partial charge in [0.25, 0.3) is 0 Å². The van der Waals surface area contributed by atoms with E-state index in [0.29, 0.717) is 12.4 Å². The molecule has 3 heterocycles. The van der Waals surface area contributed by atoms with Crippen LogP contribution >= 0.6 is 15.9 Å². The molecule has 1 N–H and O–H groups in total. The lowest BCUT2D eigenvalue weighted by Crippen LogP contribution is -2.06. The van der Waals surface area contributed by atoms with Crippen LogP contribution in [0.4, 0.5) is 5.82 Å². The maximum Gasteiger partial charge on any atom is 0.130 e. The molecule has 0 unspecified atom stereocenters. The monoisotopic (exact) mass is 370 g/mol. The van der Waals surface area contributed by atoms with Crippen molar-refractivity contribution >= 4 is 21.7 Å².